The Morgan fingerprint density at radius 3 is 1.11 bits per heavy atom. The first-order valence-corrected chi connectivity index (χ1v) is 12.4. The summed E-state index contributed by atoms with van der Waals surface area (Å²) in [6.45, 7) is 0.679. The van der Waals surface area contributed by atoms with Gasteiger partial charge in [-0.3, -0.25) is 9.59 Å². The van der Waals surface area contributed by atoms with Crippen LogP contribution in [0.5, 0.6) is 0 Å². The molecule has 0 radical (unpaired) electrons. The van der Waals surface area contributed by atoms with Gasteiger partial charge in [0, 0.05) is 13.1 Å². The Labute approximate surface area is 208 Å². The quantitative estimate of drug-likeness (QED) is 0.104. The molecule has 210 valence electrons. The molecular weight excluding hydrogens is 484 g/mol. The number of carbonyl (C=O) groups is 2. The van der Waals surface area contributed by atoms with E-state index in [0.29, 0.717) is 25.9 Å². The molecule has 14 heteroatoms. The van der Waals surface area contributed by atoms with Crippen LogP contribution in [0.4, 0.5) is 0 Å². The van der Waals surface area contributed by atoms with Crippen molar-refractivity contribution in [2.45, 2.75) is 113 Å². The van der Waals surface area contributed by atoms with Crippen LogP contribution in [0, 0.1) is 0 Å². The van der Waals surface area contributed by atoms with Crippen molar-refractivity contribution in [3.63, 3.8) is 0 Å². The molecule has 0 saturated carbocycles. The van der Waals surface area contributed by atoms with Crippen LogP contribution in [0.25, 0.3) is 0 Å². The third-order valence-corrected chi connectivity index (χ3v) is 6.40. The molecule has 0 aromatic rings. The molecule has 0 aliphatic carbocycles. The summed E-state index contributed by atoms with van der Waals surface area (Å²) in [5.41, 5.74) is 0. The maximum atomic E-state index is 12.1. The Morgan fingerprint density at radius 1 is 0.472 bits per heavy atom. The predicted molar refractivity (Wildman–Crippen MR) is 121 cm³/mol. The fourth-order valence-corrected chi connectivity index (χ4v) is 4.09. The lowest BCUT2D eigenvalue weighted by molar-refractivity contribution is -0.275. The lowest BCUT2D eigenvalue weighted by atomic mass is 9.98. The van der Waals surface area contributed by atoms with Gasteiger partial charge in [-0.05, 0) is 12.8 Å². The van der Waals surface area contributed by atoms with Gasteiger partial charge in [-0.1, -0.05) is 38.5 Å². The van der Waals surface area contributed by atoms with Gasteiger partial charge in [0.2, 0.25) is 0 Å². The van der Waals surface area contributed by atoms with Crippen LogP contribution in [-0.4, -0.2) is 127 Å². The molecular formula is C22H40N2O12. The topological polar surface area (TPSA) is 238 Å². The molecule has 2 rings (SSSR count). The second-order valence-electron chi connectivity index (χ2n) is 9.25. The van der Waals surface area contributed by atoms with E-state index in [4.69, 9.17) is 9.47 Å². The highest BCUT2D eigenvalue weighted by Crippen LogP contribution is 2.21. The standard InChI is InChI=1S/C22H40N2O12/c25-11-13(27)17(35-21(33)15(11)29)19(31)23-9-7-5-3-1-2-4-6-8-10-24-20(32)18-14(28)12(26)16(30)22(34)36-18/h11-18,21-22,25-30,33-34H,1-10H2,(H,23,31)(H,24,32)/t11-,12-,13-,14-,15+,16+,17-,18-,21?,22?/m0/s1. The van der Waals surface area contributed by atoms with E-state index in [1.807, 2.05) is 0 Å². The molecule has 0 spiro atoms. The molecule has 0 aromatic heterocycles. The molecule has 10 atom stereocenters. The number of unbranched alkanes of at least 4 members (excludes halogenated alkanes) is 7. The predicted octanol–water partition coefficient (Wildman–Crippen LogP) is -4.06. The molecule has 2 amide bonds. The van der Waals surface area contributed by atoms with Crippen LogP contribution in [0.2, 0.25) is 0 Å². The second-order valence-corrected chi connectivity index (χ2v) is 9.25. The minimum atomic E-state index is -1.76. The molecule has 0 aromatic carbocycles. The maximum absolute atomic E-state index is 12.1. The monoisotopic (exact) mass is 524 g/mol. The van der Waals surface area contributed by atoms with Gasteiger partial charge in [-0.2, -0.15) is 0 Å². The lowest BCUT2D eigenvalue weighted by Gasteiger charge is -2.37. The average molecular weight is 525 g/mol. The van der Waals surface area contributed by atoms with E-state index >= 15 is 0 Å². The zero-order valence-electron chi connectivity index (χ0n) is 20.1. The number of aliphatic hydroxyl groups excluding tert-OH is 8. The molecule has 2 aliphatic rings. The van der Waals surface area contributed by atoms with Gasteiger partial charge < -0.3 is 61.0 Å². The molecule has 2 saturated heterocycles. The van der Waals surface area contributed by atoms with Gasteiger partial charge in [-0.15, -0.1) is 0 Å². The Kier molecular flexibility index (Phi) is 12.9. The van der Waals surface area contributed by atoms with E-state index in [2.05, 4.69) is 10.6 Å². The number of ether oxygens (including phenoxy) is 2. The van der Waals surface area contributed by atoms with Crippen LogP contribution < -0.4 is 10.6 Å². The molecule has 36 heavy (non-hydrogen) atoms. The van der Waals surface area contributed by atoms with Crippen LogP contribution in [-0.2, 0) is 19.1 Å². The summed E-state index contributed by atoms with van der Waals surface area (Å²) in [7, 11) is 0. The van der Waals surface area contributed by atoms with Gasteiger partial charge in [0.15, 0.2) is 24.8 Å². The summed E-state index contributed by atoms with van der Waals surface area (Å²) in [5.74, 6) is -1.34. The van der Waals surface area contributed by atoms with E-state index in [0.717, 1.165) is 38.5 Å². The first-order chi connectivity index (χ1) is 17.1. The van der Waals surface area contributed by atoms with Crippen molar-refractivity contribution in [3.05, 3.63) is 0 Å². The molecule has 0 bridgehead atoms. The second kappa shape index (κ2) is 15.1. The summed E-state index contributed by atoms with van der Waals surface area (Å²) >= 11 is 0. The van der Waals surface area contributed by atoms with Crippen molar-refractivity contribution in [2.75, 3.05) is 13.1 Å². The number of rotatable bonds is 13. The van der Waals surface area contributed by atoms with E-state index < -0.39 is 73.2 Å². The highest BCUT2D eigenvalue weighted by Gasteiger charge is 2.47. The van der Waals surface area contributed by atoms with Crippen molar-refractivity contribution in [1.29, 1.82) is 0 Å². The first kappa shape index (κ1) is 30.8. The van der Waals surface area contributed by atoms with E-state index in [9.17, 15) is 50.4 Å². The minimum absolute atomic E-state index is 0.340. The molecule has 2 fully saturated rings. The smallest absolute Gasteiger partial charge is 0.252 e. The Hall–Kier alpha value is -1.46. The van der Waals surface area contributed by atoms with E-state index in [1.165, 1.54) is 0 Å². The number of amides is 2. The van der Waals surface area contributed by atoms with Crippen molar-refractivity contribution in [3.8, 4) is 0 Å². The molecule has 2 unspecified atom stereocenters. The first-order valence-electron chi connectivity index (χ1n) is 12.4. The highest BCUT2D eigenvalue weighted by molar-refractivity contribution is 5.82. The number of hydrogen-bond acceptors (Lipinski definition) is 12. The SMILES string of the molecule is O=C(NCCCCCCCCCCNC(=O)[C@H]1OC(O)[C@H](O)[C@@H](O)[C@@H]1O)[C@H]1OC(O)[C@H](O)[C@@H](O)[C@@H]1O. The van der Waals surface area contributed by atoms with Gasteiger partial charge >= 0.3 is 0 Å². The molecule has 2 heterocycles. The largest absolute Gasteiger partial charge is 0.387 e. The third-order valence-electron chi connectivity index (χ3n) is 6.40. The van der Waals surface area contributed by atoms with Gasteiger partial charge in [0.25, 0.3) is 11.8 Å². The van der Waals surface area contributed by atoms with Crippen LogP contribution in [0.15, 0.2) is 0 Å². The summed E-state index contributed by atoms with van der Waals surface area (Å²) in [6.07, 6.45) is -9.46. The molecule has 2 aliphatic heterocycles. The van der Waals surface area contributed by atoms with E-state index in [-0.39, 0.29) is 0 Å². The lowest BCUT2D eigenvalue weighted by Crippen LogP contribution is -2.61. The highest BCUT2D eigenvalue weighted by atomic mass is 16.6. The Balaban J connectivity index is 1.44. The van der Waals surface area contributed by atoms with Crippen molar-refractivity contribution >= 4 is 11.8 Å². The summed E-state index contributed by atoms with van der Waals surface area (Å²) in [4.78, 5) is 24.2. The normalized spacial score (nSPS) is 36.9. The fourth-order valence-electron chi connectivity index (χ4n) is 4.09. The van der Waals surface area contributed by atoms with Gasteiger partial charge in [0.1, 0.15) is 36.6 Å². The Bertz CT molecular complexity index is 629. The van der Waals surface area contributed by atoms with Crippen LogP contribution in [0.3, 0.4) is 0 Å². The van der Waals surface area contributed by atoms with Crippen molar-refractivity contribution < 1.29 is 59.9 Å². The number of carbonyl (C=O) groups excluding carboxylic acids is 2. The van der Waals surface area contributed by atoms with Crippen LogP contribution >= 0.6 is 0 Å². The zero-order chi connectivity index (χ0) is 26.8. The van der Waals surface area contributed by atoms with Gasteiger partial charge in [0.05, 0.1) is 0 Å². The average Bonchev–Trinajstić information content (AvgIpc) is 2.86. The number of aliphatic hydroxyl groups is 8. The third kappa shape index (κ3) is 8.55. The summed E-state index contributed by atoms with van der Waals surface area (Å²) in [6, 6.07) is 0. The molecule has 10 N–H and O–H groups in total. The maximum Gasteiger partial charge on any atom is 0.252 e. The van der Waals surface area contributed by atoms with Crippen molar-refractivity contribution in [2.24, 2.45) is 0 Å². The summed E-state index contributed by atoms with van der Waals surface area (Å²) < 4.78 is 9.74. The fraction of sp³-hybridized carbons (Fsp3) is 0.909. The zero-order valence-corrected chi connectivity index (χ0v) is 20.1. The van der Waals surface area contributed by atoms with Gasteiger partial charge in [-0.25, -0.2) is 0 Å². The number of nitrogens with one attached hydrogen (secondary N) is 2. The number of hydrogen-bond donors (Lipinski definition) is 10. The summed E-state index contributed by atoms with van der Waals surface area (Å²) in [5, 5.41) is 81.9. The Morgan fingerprint density at radius 2 is 0.778 bits per heavy atom. The molecule has 14 nitrogen and oxygen atoms in total. The van der Waals surface area contributed by atoms with Crippen LogP contribution in [0.1, 0.15) is 51.4 Å². The van der Waals surface area contributed by atoms with E-state index in [1.54, 1.807) is 0 Å². The van der Waals surface area contributed by atoms with Crippen molar-refractivity contribution in [1.82, 2.24) is 10.6 Å². The minimum Gasteiger partial charge on any atom is -0.387 e.